The van der Waals surface area contributed by atoms with Gasteiger partial charge in [0.2, 0.25) is 11.9 Å². The summed E-state index contributed by atoms with van der Waals surface area (Å²) in [6.07, 6.45) is 3.54. The second kappa shape index (κ2) is 5.13. The van der Waals surface area contributed by atoms with Gasteiger partial charge in [-0.15, -0.1) is 0 Å². The Morgan fingerprint density at radius 2 is 1.89 bits per heavy atom. The monoisotopic (exact) mass is 262 g/mol. The summed E-state index contributed by atoms with van der Waals surface area (Å²) in [6.45, 7) is 3.72. The first-order chi connectivity index (χ1) is 9.28. The van der Waals surface area contributed by atoms with Gasteiger partial charge in [-0.05, 0) is 6.07 Å². The normalized spacial score (nSPS) is 25.7. The molecule has 1 aromatic rings. The highest BCUT2D eigenvalue weighted by atomic mass is 16.5. The van der Waals surface area contributed by atoms with Crippen molar-refractivity contribution in [3.05, 3.63) is 18.5 Å². The predicted molar refractivity (Wildman–Crippen MR) is 69.7 cm³/mol. The highest BCUT2D eigenvalue weighted by Crippen LogP contribution is 2.32. The van der Waals surface area contributed by atoms with Crippen LogP contribution in [0.1, 0.15) is 0 Å². The molecule has 6 nitrogen and oxygen atoms in total. The van der Waals surface area contributed by atoms with Crippen LogP contribution in [0.4, 0.5) is 5.95 Å². The summed E-state index contributed by atoms with van der Waals surface area (Å²) in [6, 6.07) is 1.82. The van der Waals surface area contributed by atoms with Gasteiger partial charge in [0.1, 0.15) is 6.61 Å². The van der Waals surface area contributed by atoms with Crippen LogP contribution in [0, 0.1) is 11.8 Å². The minimum atomic E-state index is 0.0967. The van der Waals surface area contributed by atoms with E-state index in [-0.39, 0.29) is 12.5 Å². The average Bonchev–Trinajstić information content (AvgIpc) is 2.98. The second-order valence-electron chi connectivity index (χ2n) is 5.21. The lowest BCUT2D eigenvalue weighted by Gasteiger charge is -2.21. The molecule has 0 radical (unpaired) electrons. The van der Waals surface area contributed by atoms with Gasteiger partial charge in [-0.25, -0.2) is 9.97 Å². The third-order valence-corrected chi connectivity index (χ3v) is 3.94. The SMILES string of the molecule is COCC(=O)N1C[C@@H]2CN(c3ncccn3)C[C@@H]2C1. The molecular formula is C13H18N4O2. The smallest absolute Gasteiger partial charge is 0.248 e. The number of anilines is 1. The minimum Gasteiger partial charge on any atom is -0.375 e. The highest BCUT2D eigenvalue weighted by Gasteiger charge is 2.42. The van der Waals surface area contributed by atoms with E-state index < -0.39 is 0 Å². The quantitative estimate of drug-likeness (QED) is 0.768. The van der Waals surface area contributed by atoms with Crippen molar-refractivity contribution in [1.29, 1.82) is 0 Å². The zero-order chi connectivity index (χ0) is 13.2. The fraction of sp³-hybridized carbons (Fsp3) is 0.615. The molecule has 0 bridgehead atoms. The van der Waals surface area contributed by atoms with E-state index in [2.05, 4.69) is 14.9 Å². The Bertz CT molecular complexity index is 439. The number of amides is 1. The number of hydrogen-bond acceptors (Lipinski definition) is 5. The van der Waals surface area contributed by atoms with E-state index in [1.807, 2.05) is 11.0 Å². The maximum atomic E-state index is 11.8. The fourth-order valence-corrected chi connectivity index (χ4v) is 3.03. The molecule has 0 aromatic carbocycles. The molecule has 2 fully saturated rings. The molecule has 0 spiro atoms. The first kappa shape index (κ1) is 12.3. The molecule has 0 aliphatic carbocycles. The maximum Gasteiger partial charge on any atom is 0.248 e. The number of carbonyl (C=O) groups is 1. The van der Waals surface area contributed by atoms with Crippen molar-refractivity contribution in [1.82, 2.24) is 14.9 Å². The van der Waals surface area contributed by atoms with E-state index in [1.54, 1.807) is 19.5 Å². The number of aromatic nitrogens is 2. The van der Waals surface area contributed by atoms with Crippen molar-refractivity contribution in [3.63, 3.8) is 0 Å². The Morgan fingerprint density at radius 1 is 1.26 bits per heavy atom. The average molecular weight is 262 g/mol. The molecule has 19 heavy (non-hydrogen) atoms. The topological polar surface area (TPSA) is 58.6 Å². The number of carbonyl (C=O) groups excluding carboxylic acids is 1. The van der Waals surface area contributed by atoms with E-state index in [0.29, 0.717) is 11.8 Å². The van der Waals surface area contributed by atoms with Crippen molar-refractivity contribution in [3.8, 4) is 0 Å². The molecule has 0 saturated carbocycles. The van der Waals surface area contributed by atoms with Crippen LogP contribution in [0.25, 0.3) is 0 Å². The summed E-state index contributed by atoms with van der Waals surface area (Å²) in [4.78, 5) is 24.5. The van der Waals surface area contributed by atoms with Gasteiger partial charge in [-0.2, -0.15) is 0 Å². The van der Waals surface area contributed by atoms with Crippen molar-refractivity contribution in [2.24, 2.45) is 11.8 Å². The van der Waals surface area contributed by atoms with Crippen molar-refractivity contribution in [2.45, 2.75) is 0 Å². The molecular weight excluding hydrogens is 244 g/mol. The van der Waals surface area contributed by atoms with Crippen molar-refractivity contribution < 1.29 is 9.53 Å². The molecule has 2 saturated heterocycles. The zero-order valence-electron chi connectivity index (χ0n) is 11.0. The van der Waals surface area contributed by atoms with Crippen LogP contribution in [0.2, 0.25) is 0 Å². The van der Waals surface area contributed by atoms with Crippen LogP contribution >= 0.6 is 0 Å². The molecule has 102 valence electrons. The molecule has 2 aliphatic heterocycles. The number of rotatable bonds is 3. The lowest BCUT2D eigenvalue weighted by molar-refractivity contribution is -0.134. The van der Waals surface area contributed by atoms with Crippen LogP contribution in [-0.4, -0.2) is 60.7 Å². The molecule has 1 amide bonds. The Labute approximate surface area is 112 Å². The summed E-state index contributed by atoms with van der Waals surface area (Å²) in [7, 11) is 1.56. The van der Waals surface area contributed by atoms with Gasteiger partial charge in [-0.1, -0.05) is 0 Å². The van der Waals surface area contributed by atoms with E-state index in [9.17, 15) is 4.79 Å². The highest BCUT2D eigenvalue weighted by molar-refractivity contribution is 5.77. The van der Waals surface area contributed by atoms with Crippen LogP contribution in [-0.2, 0) is 9.53 Å². The summed E-state index contributed by atoms with van der Waals surface area (Å²) in [5.41, 5.74) is 0. The molecule has 3 rings (SSSR count). The molecule has 2 atom stereocenters. The lowest BCUT2D eigenvalue weighted by Crippen LogP contribution is -2.35. The standard InChI is InChI=1S/C13H18N4O2/c1-19-9-12(18)16-5-10-7-17(8-11(10)6-16)13-14-3-2-4-15-13/h2-4,10-11H,5-9H2,1H3/t10-,11+. The van der Waals surface area contributed by atoms with Crippen LogP contribution in [0.5, 0.6) is 0 Å². The van der Waals surface area contributed by atoms with Gasteiger partial charge in [-0.3, -0.25) is 4.79 Å². The number of ether oxygens (including phenoxy) is 1. The zero-order valence-corrected chi connectivity index (χ0v) is 11.0. The number of fused-ring (bicyclic) bond motifs is 1. The summed E-state index contributed by atoms with van der Waals surface area (Å²) < 4.78 is 4.91. The van der Waals surface area contributed by atoms with Gasteiger partial charge >= 0.3 is 0 Å². The number of likely N-dealkylation sites (tertiary alicyclic amines) is 1. The molecule has 2 aliphatic rings. The van der Waals surface area contributed by atoms with Gasteiger partial charge in [0.15, 0.2) is 0 Å². The molecule has 3 heterocycles. The Kier molecular flexibility index (Phi) is 3.33. The fourth-order valence-electron chi connectivity index (χ4n) is 3.03. The molecule has 1 aromatic heterocycles. The van der Waals surface area contributed by atoms with Crippen LogP contribution in [0.15, 0.2) is 18.5 Å². The molecule has 6 heteroatoms. The summed E-state index contributed by atoms with van der Waals surface area (Å²) >= 11 is 0. The largest absolute Gasteiger partial charge is 0.375 e. The Hall–Kier alpha value is -1.69. The van der Waals surface area contributed by atoms with Gasteiger partial charge in [0.25, 0.3) is 0 Å². The minimum absolute atomic E-state index is 0.0967. The van der Waals surface area contributed by atoms with Gasteiger partial charge in [0, 0.05) is 57.5 Å². The number of hydrogen-bond donors (Lipinski definition) is 0. The first-order valence-electron chi connectivity index (χ1n) is 6.56. The Balaban J connectivity index is 1.60. The second-order valence-corrected chi connectivity index (χ2v) is 5.21. The summed E-state index contributed by atoms with van der Waals surface area (Å²) in [5, 5.41) is 0. The van der Waals surface area contributed by atoms with Gasteiger partial charge < -0.3 is 14.5 Å². The summed E-state index contributed by atoms with van der Waals surface area (Å²) in [5.74, 6) is 1.96. The third kappa shape index (κ3) is 2.40. The predicted octanol–water partition coefficient (Wildman–Crippen LogP) is 0.0176. The van der Waals surface area contributed by atoms with Crippen LogP contribution < -0.4 is 4.90 Å². The van der Waals surface area contributed by atoms with E-state index in [4.69, 9.17) is 4.74 Å². The van der Waals surface area contributed by atoms with Gasteiger partial charge in [0.05, 0.1) is 0 Å². The third-order valence-electron chi connectivity index (χ3n) is 3.94. The molecule has 0 N–H and O–H groups in total. The van der Waals surface area contributed by atoms with Crippen molar-refractivity contribution >= 4 is 11.9 Å². The van der Waals surface area contributed by atoms with E-state index in [0.717, 1.165) is 32.1 Å². The van der Waals surface area contributed by atoms with Crippen molar-refractivity contribution in [2.75, 3.05) is 44.8 Å². The van der Waals surface area contributed by atoms with E-state index in [1.165, 1.54) is 0 Å². The maximum absolute atomic E-state index is 11.8. The molecule has 0 unspecified atom stereocenters. The number of methoxy groups -OCH3 is 1. The van der Waals surface area contributed by atoms with Crippen LogP contribution in [0.3, 0.4) is 0 Å². The lowest BCUT2D eigenvalue weighted by atomic mass is 10.0. The van der Waals surface area contributed by atoms with E-state index >= 15 is 0 Å². The first-order valence-corrected chi connectivity index (χ1v) is 6.56. The number of nitrogens with zero attached hydrogens (tertiary/aromatic N) is 4. The Morgan fingerprint density at radius 3 is 2.47 bits per heavy atom.